The van der Waals surface area contributed by atoms with Crippen LogP contribution >= 0.6 is 0 Å². The van der Waals surface area contributed by atoms with E-state index in [1.807, 2.05) is 30.3 Å². The van der Waals surface area contributed by atoms with Gasteiger partial charge in [-0.3, -0.25) is 0 Å². The zero-order valence-electron chi connectivity index (χ0n) is 13.2. The minimum absolute atomic E-state index is 0.123. The molecule has 0 fully saturated rings. The van der Waals surface area contributed by atoms with E-state index in [2.05, 4.69) is 20.1 Å². The number of hydrogen-bond donors (Lipinski definition) is 0. The van der Waals surface area contributed by atoms with Crippen LogP contribution in [0.15, 0.2) is 41.6 Å². The number of carbonyl (C=O) groups is 1. The van der Waals surface area contributed by atoms with Crippen molar-refractivity contribution in [1.29, 1.82) is 0 Å². The van der Waals surface area contributed by atoms with Gasteiger partial charge in [0.15, 0.2) is 5.65 Å². The van der Waals surface area contributed by atoms with Crippen LogP contribution in [0.5, 0.6) is 0 Å². The molecule has 0 amide bonds. The molecule has 24 heavy (non-hydrogen) atoms. The Morgan fingerprint density at radius 1 is 1.38 bits per heavy atom. The lowest BCUT2D eigenvalue weighted by Gasteiger charge is -2.07. The van der Waals surface area contributed by atoms with Crippen molar-refractivity contribution in [2.45, 2.75) is 13.8 Å². The van der Waals surface area contributed by atoms with Gasteiger partial charge in [0.2, 0.25) is 0 Å². The highest BCUT2D eigenvalue weighted by Crippen LogP contribution is 2.33. The highest BCUT2D eigenvalue weighted by Gasteiger charge is 2.21. The second kappa shape index (κ2) is 6.39. The first-order chi connectivity index (χ1) is 11.7. The molecule has 0 radical (unpaired) electrons. The van der Waals surface area contributed by atoms with Crippen LogP contribution in [-0.4, -0.2) is 27.3 Å². The van der Waals surface area contributed by atoms with E-state index in [1.54, 1.807) is 18.5 Å². The average Bonchev–Trinajstić information content (AvgIpc) is 2.94. The van der Waals surface area contributed by atoms with E-state index < -0.39 is 5.97 Å². The van der Waals surface area contributed by atoms with Crippen molar-refractivity contribution in [2.24, 2.45) is 5.11 Å². The lowest BCUT2D eigenvalue weighted by molar-refractivity contribution is 0.0527. The summed E-state index contributed by atoms with van der Waals surface area (Å²) in [6.07, 6.45) is 1.35. The number of fused-ring (bicyclic) bond motifs is 1. The van der Waals surface area contributed by atoms with Crippen LogP contribution in [-0.2, 0) is 4.74 Å². The average molecular weight is 322 g/mol. The first-order valence-corrected chi connectivity index (χ1v) is 7.33. The Labute approximate surface area is 137 Å². The predicted molar refractivity (Wildman–Crippen MR) is 88.4 cm³/mol. The first kappa shape index (κ1) is 15.5. The fourth-order valence-corrected chi connectivity index (χ4v) is 2.49. The minimum Gasteiger partial charge on any atom is -0.462 e. The number of azide groups is 1. The van der Waals surface area contributed by atoms with Gasteiger partial charge >= 0.3 is 5.97 Å². The van der Waals surface area contributed by atoms with Crippen molar-refractivity contribution in [1.82, 2.24) is 14.8 Å². The second-order valence-electron chi connectivity index (χ2n) is 4.96. The van der Waals surface area contributed by atoms with E-state index in [0.29, 0.717) is 16.7 Å². The molecule has 0 aliphatic heterocycles. The van der Waals surface area contributed by atoms with E-state index in [1.165, 1.54) is 6.20 Å². The SMILES string of the molecule is CCOC(=O)c1cnc2c(c(C)nn2-c2ccccc2)c1N=[N+]=[N-]. The number of pyridine rings is 1. The van der Waals surface area contributed by atoms with E-state index in [-0.39, 0.29) is 17.9 Å². The largest absolute Gasteiger partial charge is 0.462 e. The molecule has 0 spiro atoms. The third kappa shape index (κ3) is 2.55. The second-order valence-corrected chi connectivity index (χ2v) is 4.96. The molecule has 120 valence electrons. The maximum absolute atomic E-state index is 12.1. The summed E-state index contributed by atoms with van der Waals surface area (Å²) in [5.41, 5.74) is 11.1. The molecular formula is C16H14N6O2. The van der Waals surface area contributed by atoms with Crippen LogP contribution in [0.25, 0.3) is 27.2 Å². The Kier molecular flexibility index (Phi) is 4.13. The molecule has 8 nitrogen and oxygen atoms in total. The maximum Gasteiger partial charge on any atom is 0.340 e. The summed E-state index contributed by atoms with van der Waals surface area (Å²) in [7, 11) is 0. The predicted octanol–water partition coefficient (Wildman–Crippen LogP) is 3.85. The van der Waals surface area contributed by atoms with Gasteiger partial charge in [-0.1, -0.05) is 23.3 Å². The zero-order valence-corrected chi connectivity index (χ0v) is 13.2. The van der Waals surface area contributed by atoms with E-state index >= 15 is 0 Å². The number of carbonyl (C=O) groups excluding carboxylic acids is 1. The maximum atomic E-state index is 12.1. The van der Waals surface area contributed by atoms with Gasteiger partial charge < -0.3 is 4.74 Å². The number of benzene rings is 1. The number of ether oxygens (including phenoxy) is 1. The highest BCUT2D eigenvalue weighted by molar-refractivity contribution is 6.04. The van der Waals surface area contributed by atoms with Crippen molar-refractivity contribution >= 4 is 22.7 Å². The summed E-state index contributed by atoms with van der Waals surface area (Å²) in [4.78, 5) is 19.3. The standard InChI is InChI=1S/C16H14N6O2/c1-3-24-16(23)12-9-18-15-13(14(12)19-21-17)10(2)20-22(15)11-7-5-4-6-8-11/h4-9H,3H2,1-2H3. The molecule has 0 N–H and O–H groups in total. The smallest absolute Gasteiger partial charge is 0.340 e. The molecule has 1 aromatic carbocycles. The van der Waals surface area contributed by atoms with Crippen molar-refractivity contribution in [3.8, 4) is 5.69 Å². The summed E-state index contributed by atoms with van der Waals surface area (Å²) in [6.45, 7) is 3.69. The molecule has 3 aromatic rings. The van der Waals surface area contributed by atoms with Crippen molar-refractivity contribution in [3.63, 3.8) is 0 Å². The van der Waals surface area contributed by atoms with Crippen molar-refractivity contribution < 1.29 is 9.53 Å². The van der Waals surface area contributed by atoms with Gasteiger partial charge in [-0.15, -0.1) is 0 Å². The molecule has 3 rings (SSSR count). The Balaban J connectivity index is 2.31. The van der Waals surface area contributed by atoms with Crippen LogP contribution < -0.4 is 0 Å². The van der Waals surface area contributed by atoms with E-state index in [9.17, 15) is 4.79 Å². The summed E-state index contributed by atoms with van der Waals surface area (Å²) in [6, 6.07) is 9.46. The number of esters is 1. The number of rotatable bonds is 4. The number of para-hydroxylation sites is 1. The molecule has 0 aliphatic carbocycles. The molecular weight excluding hydrogens is 308 g/mol. The molecule has 2 heterocycles. The molecule has 0 saturated heterocycles. The Hall–Kier alpha value is -3.38. The monoisotopic (exact) mass is 322 g/mol. The summed E-state index contributed by atoms with van der Waals surface area (Å²) in [5.74, 6) is -0.582. The minimum atomic E-state index is -0.582. The normalized spacial score (nSPS) is 10.4. The van der Waals surface area contributed by atoms with Crippen molar-refractivity contribution in [2.75, 3.05) is 6.61 Å². The first-order valence-electron chi connectivity index (χ1n) is 7.33. The summed E-state index contributed by atoms with van der Waals surface area (Å²) < 4.78 is 6.65. The van der Waals surface area contributed by atoms with Crippen molar-refractivity contribution in [3.05, 3.63) is 58.2 Å². The lowest BCUT2D eigenvalue weighted by Crippen LogP contribution is -2.06. The van der Waals surface area contributed by atoms with Crippen LogP contribution in [0.3, 0.4) is 0 Å². The van der Waals surface area contributed by atoms with Gasteiger partial charge in [0.25, 0.3) is 0 Å². The molecule has 8 heteroatoms. The quantitative estimate of drug-likeness (QED) is 0.315. The zero-order chi connectivity index (χ0) is 17.1. The molecule has 2 aromatic heterocycles. The van der Waals surface area contributed by atoms with Crippen LogP contribution in [0.2, 0.25) is 0 Å². The Morgan fingerprint density at radius 3 is 2.79 bits per heavy atom. The van der Waals surface area contributed by atoms with Gasteiger partial charge in [0.1, 0.15) is 0 Å². The molecule has 0 unspecified atom stereocenters. The van der Waals surface area contributed by atoms with Gasteiger partial charge in [0, 0.05) is 11.1 Å². The topological polar surface area (TPSA) is 106 Å². The number of nitrogens with zero attached hydrogens (tertiary/aromatic N) is 6. The molecule has 0 atom stereocenters. The Bertz CT molecular complexity index is 958. The lowest BCUT2D eigenvalue weighted by atomic mass is 10.1. The molecule has 0 bridgehead atoms. The number of aromatic nitrogens is 3. The van der Waals surface area contributed by atoms with Gasteiger partial charge in [-0.25, -0.2) is 14.5 Å². The van der Waals surface area contributed by atoms with Crippen LogP contribution in [0, 0.1) is 6.92 Å². The molecule has 0 aliphatic rings. The third-order valence-electron chi connectivity index (χ3n) is 3.48. The van der Waals surface area contributed by atoms with Gasteiger partial charge in [-0.2, -0.15) is 5.10 Å². The number of hydrogen-bond acceptors (Lipinski definition) is 5. The fourth-order valence-electron chi connectivity index (χ4n) is 2.49. The molecule has 0 saturated carbocycles. The Morgan fingerprint density at radius 2 is 2.12 bits per heavy atom. The van der Waals surface area contributed by atoms with Gasteiger partial charge in [-0.05, 0) is 31.5 Å². The van der Waals surface area contributed by atoms with Gasteiger partial charge in [0.05, 0.1) is 34.6 Å². The summed E-state index contributed by atoms with van der Waals surface area (Å²) >= 11 is 0. The fraction of sp³-hybridized carbons (Fsp3) is 0.188. The van der Waals surface area contributed by atoms with Crippen LogP contribution in [0.1, 0.15) is 23.0 Å². The third-order valence-corrected chi connectivity index (χ3v) is 3.48. The highest BCUT2D eigenvalue weighted by atomic mass is 16.5. The van der Waals surface area contributed by atoms with E-state index in [4.69, 9.17) is 10.3 Å². The van der Waals surface area contributed by atoms with Crippen LogP contribution in [0.4, 0.5) is 5.69 Å². The number of aryl methyl sites for hydroxylation is 1. The van der Waals surface area contributed by atoms with E-state index in [0.717, 1.165) is 5.69 Å². The summed E-state index contributed by atoms with van der Waals surface area (Å²) in [5, 5.41) is 8.69.